The summed E-state index contributed by atoms with van der Waals surface area (Å²) in [6, 6.07) is 5.63. The van der Waals surface area contributed by atoms with Crippen molar-refractivity contribution in [3.8, 4) is 0 Å². The Hall–Kier alpha value is -1.60. The number of likely N-dealkylation sites (tertiary alicyclic amines) is 2. The lowest BCUT2D eigenvalue weighted by Crippen LogP contribution is -2.48. The second-order valence-electron chi connectivity index (χ2n) is 8.59. The van der Waals surface area contributed by atoms with Gasteiger partial charge in [-0.15, -0.1) is 0 Å². The molecule has 3 fully saturated rings. The highest BCUT2D eigenvalue weighted by Gasteiger charge is 2.50. The van der Waals surface area contributed by atoms with Gasteiger partial charge in [-0.05, 0) is 43.2 Å². The van der Waals surface area contributed by atoms with Crippen LogP contribution in [0.3, 0.4) is 0 Å². The predicted molar refractivity (Wildman–Crippen MR) is 98.8 cm³/mol. The van der Waals surface area contributed by atoms with Crippen LogP contribution in [0, 0.1) is 11.3 Å². The van der Waals surface area contributed by atoms with Gasteiger partial charge in [0.25, 0.3) is 5.91 Å². The molecule has 1 amide bonds. The molecule has 4 rings (SSSR count). The van der Waals surface area contributed by atoms with Gasteiger partial charge in [-0.25, -0.2) is 0 Å². The van der Waals surface area contributed by atoms with E-state index in [-0.39, 0.29) is 23.5 Å². The number of carbonyl (C=O) groups is 1. The molecule has 28 heavy (non-hydrogen) atoms. The van der Waals surface area contributed by atoms with Gasteiger partial charge in [-0.2, -0.15) is 13.2 Å². The lowest BCUT2D eigenvalue weighted by molar-refractivity contribution is -0.138. The molecule has 3 aliphatic rings. The lowest BCUT2D eigenvalue weighted by atomic mass is 9.71. The van der Waals surface area contributed by atoms with E-state index in [1.807, 2.05) is 0 Å². The van der Waals surface area contributed by atoms with E-state index in [4.69, 9.17) is 0 Å². The van der Waals surface area contributed by atoms with Crippen molar-refractivity contribution in [1.82, 2.24) is 9.80 Å². The summed E-state index contributed by atoms with van der Waals surface area (Å²) in [4.78, 5) is 16.9. The summed E-state index contributed by atoms with van der Waals surface area (Å²) >= 11 is 0. The second kappa shape index (κ2) is 7.34. The fourth-order valence-corrected chi connectivity index (χ4v) is 5.16. The zero-order valence-corrected chi connectivity index (χ0v) is 15.9. The molecule has 1 N–H and O–H groups in total. The third kappa shape index (κ3) is 3.43. The Morgan fingerprint density at radius 2 is 1.86 bits per heavy atom. The second-order valence-corrected chi connectivity index (χ2v) is 8.59. The number of piperidine rings is 1. The number of carbonyl (C=O) groups excluding carboxylic acids is 1. The minimum atomic E-state index is -4.54. The van der Waals surface area contributed by atoms with Crippen molar-refractivity contribution < 1.29 is 23.1 Å². The summed E-state index contributed by atoms with van der Waals surface area (Å²) in [5.41, 5.74) is -1.16. The van der Waals surface area contributed by atoms with Gasteiger partial charge in [0, 0.05) is 44.7 Å². The molecular formula is C21H27F3N2O2. The van der Waals surface area contributed by atoms with Crippen molar-refractivity contribution in [2.45, 2.75) is 44.3 Å². The van der Waals surface area contributed by atoms with E-state index in [0.29, 0.717) is 19.1 Å². The topological polar surface area (TPSA) is 43.8 Å². The summed E-state index contributed by atoms with van der Waals surface area (Å²) in [7, 11) is 0. The number of hydrogen-bond donors (Lipinski definition) is 1. The van der Waals surface area contributed by atoms with Crippen LogP contribution in [0.5, 0.6) is 0 Å². The standard InChI is InChI=1S/C21H27F3N2O2/c22-21(23,24)18-7-2-1-6-17(18)19(28)25-10-8-20(9-11-25)14-26(12-15(20)13-27)16-4-3-5-16/h1-2,6-7,15-16,27H,3-5,8-14H2. The molecule has 1 spiro atoms. The number of amides is 1. The number of benzene rings is 1. The molecule has 1 aromatic rings. The normalized spacial score (nSPS) is 25.9. The van der Waals surface area contributed by atoms with Crippen LogP contribution in [0.1, 0.15) is 48.0 Å². The number of rotatable bonds is 3. The maximum absolute atomic E-state index is 13.3. The first-order valence-electron chi connectivity index (χ1n) is 10.1. The van der Waals surface area contributed by atoms with Gasteiger partial charge in [0.2, 0.25) is 0 Å². The maximum Gasteiger partial charge on any atom is 0.417 e. The molecule has 154 valence electrons. The Morgan fingerprint density at radius 3 is 2.43 bits per heavy atom. The molecule has 1 saturated carbocycles. The number of nitrogens with zero attached hydrogens (tertiary/aromatic N) is 2. The molecule has 1 aliphatic carbocycles. The van der Waals surface area contributed by atoms with E-state index in [9.17, 15) is 23.1 Å². The van der Waals surface area contributed by atoms with E-state index >= 15 is 0 Å². The lowest BCUT2D eigenvalue weighted by Gasteiger charge is -2.43. The maximum atomic E-state index is 13.3. The van der Waals surface area contributed by atoms with Gasteiger partial charge in [0.05, 0.1) is 11.1 Å². The SMILES string of the molecule is O=C(c1ccccc1C(F)(F)F)N1CCC2(CC1)CN(C1CCC1)CC2CO. The highest BCUT2D eigenvalue weighted by molar-refractivity contribution is 5.96. The molecule has 2 saturated heterocycles. The highest BCUT2D eigenvalue weighted by atomic mass is 19.4. The quantitative estimate of drug-likeness (QED) is 0.852. The van der Waals surface area contributed by atoms with Gasteiger partial charge in [0.15, 0.2) is 0 Å². The number of aliphatic hydroxyl groups is 1. The van der Waals surface area contributed by atoms with Crippen molar-refractivity contribution in [1.29, 1.82) is 0 Å². The van der Waals surface area contributed by atoms with Gasteiger partial charge < -0.3 is 10.0 Å². The number of alkyl halides is 3. The smallest absolute Gasteiger partial charge is 0.396 e. The molecular weight excluding hydrogens is 369 g/mol. The largest absolute Gasteiger partial charge is 0.417 e. The summed E-state index contributed by atoms with van der Waals surface area (Å²) in [6.07, 6.45) is 0.627. The molecule has 2 heterocycles. The molecule has 1 atom stereocenters. The van der Waals surface area contributed by atoms with E-state index in [1.165, 1.54) is 37.5 Å². The molecule has 4 nitrogen and oxygen atoms in total. The number of halogens is 3. The van der Waals surface area contributed by atoms with Gasteiger partial charge in [-0.1, -0.05) is 18.6 Å². The van der Waals surface area contributed by atoms with Crippen molar-refractivity contribution in [2.75, 3.05) is 32.8 Å². The third-order valence-corrected chi connectivity index (χ3v) is 7.16. The fourth-order valence-electron chi connectivity index (χ4n) is 5.16. The van der Waals surface area contributed by atoms with Gasteiger partial charge in [0.1, 0.15) is 0 Å². The Kier molecular flexibility index (Phi) is 5.16. The molecule has 0 radical (unpaired) electrons. The first-order chi connectivity index (χ1) is 13.3. The Bertz CT molecular complexity index is 725. The minimum Gasteiger partial charge on any atom is -0.396 e. The van der Waals surface area contributed by atoms with Crippen LogP contribution < -0.4 is 0 Å². The number of aliphatic hydroxyl groups excluding tert-OH is 1. The van der Waals surface area contributed by atoms with E-state index < -0.39 is 17.6 Å². The van der Waals surface area contributed by atoms with Crippen molar-refractivity contribution >= 4 is 5.91 Å². The van der Waals surface area contributed by atoms with Crippen LogP contribution in [-0.4, -0.2) is 59.6 Å². The number of hydrogen-bond acceptors (Lipinski definition) is 3. The highest BCUT2D eigenvalue weighted by Crippen LogP contribution is 2.47. The van der Waals surface area contributed by atoms with Crippen molar-refractivity contribution in [3.05, 3.63) is 35.4 Å². The van der Waals surface area contributed by atoms with Gasteiger partial charge >= 0.3 is 6.18 Å². The third-order valence-electron chi connectivity index (χ3n) is 7.16. The van der Waals surface area contributed by atoms with Gasteiger partial charge in [-0.3, -0.25) is 9.69 Å². The summed E-state index contributed by atoms with van der Waals surface area (Å²) in [5.74, 6) is -0.356. The van der Waals surface area contributed by atoms with E-state index in [0.717, 1.165) is 32.0 Å². The van der Waals surface area contributed by atoms with Crippen LogP contribution in [-0.2, 0) is 6.18 Å². The molecule has 0 bridgehead atoms. The molecule has 0 aromatic heterocycles. The predicted octanol–water partition coefficient (Wildman–Crippen LogP) is 3.40. The Balaban J connectivity index is 1.46. The minimum absolute atomic E-state index is 0.0231. The average molecular weight is 396 g/mol. The zero-order chi connectivity index (χ0) is 19.9. The molecule has 7 heteroatoms. The van der Waals surface area contributed by atoms with E-state index in [2.05, 4.69) is 4.90 Å². The Labute approximate surface area is 163 Å². The Morgan fingerprint density at radius 1 is 1.18 bits per heavy atom. The summed E-state index contributed by atoms with van der Waals surface area (Å²) in [6.45, 7) is 2.85. The first kappa shape index (κ1) is 19.7. The monoisotopic (exact) mass is 396 g/mol. The van der Waals surface area contributed by atoms with Crippen molar-refractivity contribution in [3.63, 3.8) is 0 Å². The van der Waals surface area contributed by atoms with Crippen LogP contribution in [0.4, 0.5) is 13.2 Å². The summed E-state index contributed by atoms with van der Waals surface area (Å²) in [5, 5.41) is 9.92. The first-order valence-corrected chi connectivity index (χ1v) is 10.1. The molecule has 1 aromatic carbocycles. The van der Waals surface area contributed by atoms with Crippen LogP contribution >= 0.6 is 0 Å². The van der Waals surface area contributed by atoms with Crippen molar-refractivity contribution in [2.24, 2.45) is 11.3 Å². The van der Waals surface area contributed by atoms with Crippen LogP contribution in [0.2, 0.25) is 0 Å². The fraction of sp³-hybridized carbons (Fsp3) is 0.667. The molecule has 2 aliphatic heterocycles. The van der Waals surface area contributed by atoms with Crippen LogP contribution in [0.15, 0.2) is 24.3 Å². The molecule has 1 unspecified atom stereocenters. The average Bonchev–Trinajstić information content (AvgIpc) is 2.97. The zero-order valence-electron chi connectivity index (χ0n) is 15.9. The van der Waals surface area contributed by atoms with Crippen LogP contribution in [0.25, 0.3) is 0 Å². The summed E-state index contributed by atoms with van der Waals surface area (Å²) < 4.78 is 39.8. The van der Waals surface area contributed by atoms with E-state index in [1.54, 1.807) is 4.90 Å².